The molecule has 0 spiro atoms. The van der Waals surface area contributed by atoms with Gasteiger partial charge in [-0.2, -0.15) is 0 Å². The molecule has 5 nitrogen and oxygen atoms in total. The molecule has 0 aromatic carbocycles. The highest BCUT2D eigenvalue weighted by atomic mass is 32.1. The van der Waals surface area contributed by atoms with Crippen molar-refractivity contribution in [3.05, 3.63) is 40.0 Å². The van der Waals surface area contributed by atoms with Crippen LogP contribution in [0.15, 0.2) is 23.7 Å². The van der Waals surface area contributed by atoms with E-state index in [2.05, 4.69) is 20.3 Å². The highest BCUT2D eigenvalue weighted by Crippen LogP contribution is 2.32. The van der Waals surface area contributed by atoms with Crippen molar-refractivity contribution < 1.29 is 13.5 Å². The van der Waals surface area contributed by atoms with Gasteiger partial charge in [-0.15, -0.1) is 22.7 Å². The van der Waals surface area contributed by atoms with E-state index >= 15 is 0 Å². The molecule has 3 aromatic heterocycles. The molecule has 0 atom stereocenters. The predicted molar refractivity (Wildman–Crippen MR) is 101 cm³/mol. The summed E-state index contributed by atoms with van der Waals surface area (Å²) in [7, 11) is 0. The Labute approximate surface area is 158 Å². The van der Waals surface area contributed by atoms with Crippen LogP contribution in [0.2, 0.25) is 0 Å². The Bertz CT molecular complexity index is 847. The van der Waals surface area contributed by atoms with E-state index in [4.69, 9.17) is 4.74 Å². The van der Waals surface area contributed by atoms with Gasteiger partial charge in [0.25, 0.3) is 0 Å². The lowest BCUT2D eigenvalue weighted by molar-refractivity contribution is 0.00901. The summed E-state index contributed by atoms with van der Waals surface area (Å²) >= 11 is 3.11. The lowest BCUT2D eigenvalue weighted by Crippen LogP contribution is -2.17. The lowest BCUT2D eigenvalue weighted by atomic mass is 10.3. The van der Waals surface area contributed by atoms with Gasteiger partial charge >= 0.3 is 0 Å². The van der Waals surface area contributed by atoms with Crippen LogP contribution in [0.25, 0.3) is 10.6 Å². The summed E-state index contributed by atoms with van der Waals surface area (Å²) in [5, 5.41) is 6.89. The first-order valence-corrected chi connectivity index (χ1v) is 9.64. The van der Waals surface area contributed by atoms with Crippen molar-refractivity contribution in [2.24, 2.45) is 0 Å². The van der Waals surface area contributed by atoms with Gasteiger partial charge in [-0.05, 0) is 25.5 Å². The molecule has 138 valence electrons. The van der Waals surface area contributed by atoms with E-state index < -0.39 is 19.5 Å². The van der Waals surface area contributed by atoms with Crippen LogP contribution in [0, 0.1) is 13.8 Å². The van der Waals surface area contributed by atoms with Gasteiger partial charge < -0.3 is 10.1 Å². The standard InChI is InChI=1S/C17H18F2N4OS2/c1-10-16(26-11(2)21-10)14-9-25-17(22-14)23-15-4-3-12(7-20-15)8-24-13(5-18)6-19/h3-4,7,9,13H,5-6,8H2,1-2H3,(H,20,22,23). The molecular formula is C17H18F2N4OS2. The third kappa shape index (κ3) is 4.60. The largest absolute Gasteiger partial charge is 0.368 e. The highest BCUT2D eigenvalue weighted by Gasteiger charge is 2.12. The Hall–Kier alpha value is -1.97. The molecule has 3 rings (SSSR count). The van der Waals surface area contributed by atoms with Crippen LogP contribution in [-0.2, 0) is 11.3 Å². The molecule has 3 aromatic rings. The van der Waals surface area contributed by atoms with Gasteiger partial charge in [0, 0.05) is 11.6 Å². The van der Waals surface area contributed by atoms with Gasteiger partial charge in [0.05, 0.1) is 27.9 Å². The minimum absolute atomic E-state index is 0.122. The Balaban J connectivity index is 1.62. The molecule has 3 heterocycles. The average Bonchev–Trinajstić information content (AvgIpc) is 3.23. The number of thiazole rings is 2. The number of aryl methyl sites for hydroxylation is 2. The van der Waals surface area contributed by atoms with Crippen LogP contribution >= 0.6 is 22.7 Å². The second kappa shape index (κ2) is 8.61. The van der Waals surface area contributed by atoms with E-state index in [1.807, 2.05) is 19.2 Å². The van der Waals surface area contributed by atoms with Crippen LogP contribution in [0.3, 0.4) is 0 Å². The summed E-state index contributed by atoms with van der Waals surface area (Å²) in [5.74, 6) is 0.638. The second-order valence-corrected chi connectivity index (χ2v) is 7.66. The summed E-state index contributed by atoms with van der Waals surface area (Å²) in [5.41, 5.74) is 2.62. The number of aromatic nitrogens is 3. The van der Waals surface area contributed by atoms with E-state index in [-0.39, 0.29) is 6.61 Å². The molecule has 0 unspecified atom stereocenters. The fourth-order valence-corrected chi connectivity index (χ4v) is 3.91. The van der Waals surface area contributed by atoms with E-state index in [1.165, 1.54) is 11.3 Å². The average molecular weight is 396 g/mol. The van der Waals surface area contributed by atoms with E-state index in [0.717, 1.165) is 32.0 Å². The number of hydrogen-bond acceptors (Lipinski definition) is 7. The third-order valence-electron chi connectivity index (χ3n) is 3.53. The normalized spacial score (nSPS) is 11.3. The second-order valence-electron chi connectivity index (χ2n) is 5.60. The molecule has 0 fully saturated rings. The Morgan fingerprint density at radius 3 is 2.62 bits per heavy atom. The molecule has 26 heavy (non-hydrogen) atoms. The van der Waals surface area contributed by atoms with Crippen molar-refractivity contribution in [2.45, 2.75) is 26.6 Å². The van der Waals surface area contributed by atoms with Gasteiger partial charge in [-0.25, -0.2) is 23.7 Å². The first-order chi connectivity index (χ1) is 12.6. The van der Waals surface area contributed by atoms with Crippen LogP contribution in [0.1, 0.15) is 16.3 Å². The number of nitrogens with one attached hydrogen (secondary N) is 1. The van der Waals surface area contributed by atoms with Crippen molar-refractivity contribution >= 4 is 33.6 Å². The molecular weight excluding hydrogens is 378 g/mol. The van der Waals surface area contributed by atoms with Crippen molar-refractivity contribution in [3.8, 4) is 10.6 Å². The summed E-state index contributed by atoms with van der Waals surface area (Å²) < 4.78 is 30.0. The third-order valence-corrected chi connectivity index (χ3v) is 5.38. The molecule has 0 aliphatic carbocycles. The maximum atomic E-state index is 12.4. The van der Waals surface area contributed by atoms with Gasteiger partial charge in [0.2, 0.25) is 0 Å². The fraction of sp³-hybridized carbons (Fsp3) is 0.353. The number of nitrogens with zero attached hydrogens (tertiary/aromatic N) is 3. The van der Waals surface area contributed by atoms with Gasteiger partial charge in [-0.3, -0.25) is 0 Å². The van der Waals surface area contributed by atoms with Gasteiger partial charge in [0.1, 0.15) is 25.3 Å². The monoisotopic (exact) mass is 396 g/mol. The minimum Gasteiger partial charge on any atom is -0.368 e. The Kier molecular flexibility index (Phi) is 6.23. The number of alkyl halides is 2. The van der Waals surface area contributed by atoms with Gasteiger partial charge in [-0.1, -0.05) is 6.07 Å². The molecule has 0 radical (unpaired) electrons. The quantitative estimate of drug-likeness (QED) is 0.590. The summed E-state index contributed by atoms with van der Waals surface area (Å²) in [6.07, 6.45) is 0.599. The van der Waals surface area contributed by atoms with E-state index in [1.54, 1.807) is 29.7 Å². The molecule has 0 aliphatic rings. The minimum atomic E-state index is -1.01. The Morgan fingerprint density at radius 2 is 2.00 bits per heavy atom. The molecule has 9 heteroatoms. The van der Waals surface area contributed by atoms with Crippen LogP contribution in [0.4, 0.5) is 19.7 Å². The fourth-order valence-electron chi connectivity index (χ4n) is 2.24. The summed E-state index contributed by atoms with van der Waals surface area (Å²) in [6.45, 7) is 2.40. The van der Waals surface area contributed by atoms with Crippen LogP contribution in [-0.4, -0.2) is 34.4 Å². The zero-order chi connectivity index (χ0) is 18.5. The predicted octanol–water partition coefficient (Wildman–Crippen LogP) is 4.85. The molecule has 0 saturated heterocycles. The first kappa shape index (κ1) is 18.8. The molecule has 0 bridgehead atoms. The zero-order valence-electron chi connectivity index (χ0n) is 14.3. The first-order valence-electron chi connectivity index (χ1n) is 7.94. The van der Waals surface area contributed by atoms with Crippen molar-refractivity contribution in [1.29, 1.82) is 0 Å². The maximum Gasteiger partial charge on any atom is 0.188 e. The van der Waals surface area contributed by atoms with E-state index in [0.29, 0.717) is 5.82 Å². The van der Waals surface area contributed by atoms with Crippen molar-refractivity contribution in [1.82, 2.24) is 15.0 Å². The smallest absolute Gasteiger partial charge is 0.188 e. The number of ether oxygens (including phenoxy) is 1. The number of pyridine rings is 1. The van der Waals surface area contributed by atoms with E-state index in [9.17, 15) is 8.78 Å². The van der Waals surface area contributed by atoms with Crippen LogP contribution < -0.4 is 5.32 Å². The number of halogens is 2. The maximum absolute atomic E-state index is 12.4. The summed E-state index contributed by atoms with van der Waals surface area (Å²) in [6, 6.07) is 3.58. The molecule has 0 amide bonds. The van der Waals surface area contributed by atoms with Crippen LogP contribution in [0.5, 0.6) is 0 Å². The number of hydrogen-bond donors (Lipinski definition) is 1. The lowest BCUT2D eigenvalue weighted by Gasteiger charge is -2.10. The SMILES string of the molecule is Cc1nc(C)c(-c2csc(Nc3ccc(COC(CF)CF)cn3)n2)s1. The number of anilines is 2. The zero-order valence-corrected chi connectivity index (χ0v) is 16.0. The Morgan fingerprint density at radius 1 is 1.19 bits per heavy atom. The van der Waals surface area contributed by atoms with Crippen molar-refractivity contribution in [3.63, 3.8) is 0 Å². The number of rotatable bonds is 8. The topological polar surface area (TPSA) is 59.9 Å². The highest BCUT2D eigenvalue weighted by molar-refractivity contribution is 7.16. The van der Waals surface area contributed by atoms with Gasteiger partial charge in [0.15, 0.2) is 5.13 Å². The van der Waals surface area contributed by atoms with Crippen molar-refractivity contribution in [2.75, 3.05) is 18.7 Å². The molecule has 0 aliphatic heterocycles. The molecule has 0 saturated carbocycles. The summed E-state index contributed by atoms with van der Waals surface area (Å²) in [4.78, 5) is 14.4. The molecule has 1 N–H and O–H groups in total.